The van der Waals surface area contributed by atoms with E-state index in [0.29, 0.717) is 22.3 Å². The standard InChI is InChI=1S/C21H25N3O3S2/c1-27-16-8-6-7-15(13-16)24-20(26)19-17(9-12-28-19)22-21(24)29-14-18(25)23-10-4-2-3-5-11-23/h6-8,13H,2-5,9-12,14H2,1H3. The number of ether oxygens (including phenoxy) is 1. The van der Waals surface area contributed by atoms with Gasteiger partial charge in [-0.15, -0.1) is 11.8 Å². The molecule has 154 valence electrons. The normalized spacial score (nSPS) is 16.4. The first-order chi connectivity index (χ1) is 14.2. The number of fused-ring (bicyclic) bond motifs is 1. The Morgan fingerprint density at radius 1 is 1.24 bits per heavy atom. The maximum absolute atomic E-state index is 13.2. The van der Waals surface area contributed by atoms with Crippen LogP contribution in [0, 0.1) is 0 Å². The molecule has 1 saturated heterocycles. The van der Waals surface area contributed by atoms with Crippen molar-refractivity contribution in [2.24, 2.45) is 0 Å². The van der Waals surface area contributed by atoms with Crippen molar-refractivity contribution in [2.45, 2.75) is 42.2 Å². The zero-order valence-electron chi connectivity index (χ0n) is 16.6. The summed E-state index contributed by atoms with van der Waals surface area (Å²) in [6.45, 7) is 1.66. The number of carbonyl (C=O) groups excluding carboxylic acids is 1. The number of aromatic nitrogens is 2. The van der Waals surface area contributed by atoms with Crippen molar-refractivity contribution in [3.63, 3.8) is 0 Å². The molecule has 3 heterocycles. The molecule has 0 spiro atoms. The number of likely N-dealkylation sites (tertiary alicyclic amines) is 1. The van der Waals surface area contributed by atoms with Gasteiger partial charge in [0.2, 0.25) is 5.91 Å². The molecule has 1 amide bonds. The van der Waals surface area contributed by atoms with E-state index in [9.17, 15) is 9.59 Å². The van der Waals surface area contributed by atoms with Crippen LogP contribution in [0.2, 0.25) is 0 Å². The van der Waals surface area contributed by atoms with Crippen molar-refractivity contribution in [3.8, 4) is 11.4 Å². The summed E-state index contributed by atoms with van der Waals surface area (Å²) in [5.74, 6) is 1.97. The average Bonchev–Trinajstić information content (AvgIpc) is 3.05. The average molecular weight is 432 g/mol. The minimum atomic E-state index is -0.0597. The smallest absolute Gasteiger partial charge is 0.272 e. The molecule has 8 heteroatoms. The fourth-order valence-electron chi connectivity index (χ4n) is 3.70. The van der Waals surface area contributed by atoms with Crippen LogP contribution in [0.4, 0.5) is 0 Å². The summed E-state index contributed by atoms with van der Waals surface area (Å²) >= 11 is 2.91. The van der Waals surface area contributed by atoms with Crippen LogP contribution in [0.25, 0.3) is 5.69 Å². The van der Waals surface area contributed by atoms with Crippen LogP contribution in [-0.2, 0) is 11.2 Å². The summed E-state index contributed by atoms with van der Waals surface area (Å²) in [5.41, 5.74) is 1.50. The van der Waals surface area contributed by atoms with Gasteiger partial charge in [-0.25, -0.2) is 4.98 Å². The van der Waals surface area contributed by atoms with Crippen LogP contribution in [0.15, 0.2) is 39.1 Å². The molecule has 2 aliphatic heterocycles. The van der Waals surface area contributed by atoms with Crippen LogP contribution in [0.3, 0.4) is 0 Å². The molecule has 0 atom stereocenters. The molecule has 0 unspecified atom stereocenters. The monoisotopic (exact) mass is 431 g/mol. The van der Waals surface area contributed by atoms with E-state index in [4.69, 9.17) is 9.72 Å². The maximum atomic E-state index is 13.2. The molecule has 0 saturated carbocycles. The number of methoxy groups -OCH3 is 1. The minimum Gasteiger partial charge on any atom is -0.497 e. The summed E-state index contributed by atoms with van der Waals surface area (Å²) in [6, 6.07) is 7.41. The lowest BCUT2D eigenvalue weighted by atomic mass is 10.2. The third-order valence-electron chi connectivity index (χ3n) is 5.26. The second-order valence-electron chi connectivity index (χ2n) is 7.19. The number of benzene rings is 1. The highest BCUT2D eigenvalue weighted by molar-refractivity contribution is 8.00. The Hall–Kier alpha value is -1.93. The predicted octanol–water partition coefficient (Wildman–Crippen LogP) is 3.38. The lowest BCUT2D eigenvalue weighted by molar-refractivity contribution is -0.128. The lowest BCUT2D eigenvalue weighted by Crippen LogP contribution is -2.33. The molecule has 1 fully saturated rings. The molecule has 2 aliphatic rings. The van der Waals surface area contributed by atoms with Gasteiger partial charge in [-0.05, 0) is 25.0 Å². The topological polar surface area (TPSA) is 64.4 Å². The van der Waals surface area contributed by atoms with Gasteiger partial charge in [-0.3, -0.25) is 14.2 Å². The molecule has 1 aromatic carbocycles. The highest BCUT2D eigenvalue weighted by Crippen LogP contribution is 2.30. The zero-order chi connectivity index (χ0) is 20.2. The highest BCUT2D eigenvalue weighted by Gasteiger charge is 2.24. The summed E-state index contributed by atoms with van der Waals surface area (Å²) in [6.07, 6.45) is 5.31. The number of thioether (sulfide) groups is 2. The van der Waals surface area contributed by atoms with Crippen LogP contribution < -0.4 is 10.3 Å². The van der Waals surface area contributed by atoms with Gasteiger partial charge >= 0.3 is 0 Å². The SMILES string of the molecule is COc1cccc(-n2c(SCC(=O)N3CCCCCC3)nc3c(c2=O)SCC3)c1. The second kappa shape index (κ2) is 9.26. The first-order valence-electron chi connectivity index (χ1n) is 10.0. The molecule has 6 nitrogen and oxygen atoms in total. The van der Waals surface area contributed by atoms with Crippen molar-refractivity contribution in [1.82, 2.24) is 14.5 Å². The van der Waals surface area contributed by atoms with E-state index < -0.39 is 0 Å². The Morgan fingerprint density at radius 3 is 2.79 bits per heavy atom. The molecule has 0 bridgehead atoms. The number of hydrogen-bond acceptors (Lipinski definition) is 6. The largest absolute Gasteiger partial charge is 0.497 e. The van der Waals surface area contributed by atoms with Gasteiger partial charge in [0.05, 0.1) is 29.1 Å². The quantitative estimate of drug-likeness (QED) is 0.534. The number of aryl methyl sites for hydroxylation is 1. The van der Waals surface area contributed by atoms with Crippen molar-refractivity contribution >= 4 is 29.4 Å². The summed E-state index contributed by atoms with van der Waals surface area (Å²) in [4.78, 5) is 33.4. The third-order valence-corrected chi connectivity index (χ3v) is 7.29. The lowest BCUT2D eigenvalue weighted by Gasteiger charge is -2.20. The van der Waals surface area contributed by atoms with E-state index in [0.717, 1.165) is 48.7 Å². The fraction of sp³-hybridized carbons (Fsp3) is 0.476. The van der Waals surface area contributed by atoms with Gasteiger partial charge in [0, 0.05) is 31.3 Å². The van der Waals surface area contributed by atoms with E-state index in [-0.39, 0.29) is 11.5 Å². The van der Waals surface area contributed by atoms with Gasteiger partial charge < -0.3 is 9.64 Å². The molecule has 29 heavy (non-hydrogen) atoms. The summed E-state index contributed by atoms with van der Waals surface area (Å²) < 4.78 is 6.95. The second-order valence-corrected chi connectivity index (χ2v) is 9.24. The highest BCUT2D eigenvalue weighted by atomic mass is 32.2. The van der Waals surface area contributed by atoms with Gasteiger partial charge in [-0.2, -0.15) is 0 Å². The van der Waals surface area contributed by atoms with E-state index in [1.54, 1.807) is 23.4 Å². The van der Waals surface area contributed by atoms with E-state index in [1.165, 1.54) is 24.6 Å². The Bertz CT molecular complexity index is 953. The molecule has 0 N–H and O–H groups in total. The predicted molar refractivity (Wildman–Crippen MR) is 117 cm³/mol. The number of amides is 1. The third kappa shape index (κ3) is 4.48. The Morgan fingerprint density at radius 2 is 2.03 bits per heavy atom. The molecular formula is C21H25N3O3S2. The van der Waals surface area contributed by atoms with Crippen molar-refractivity contribution in [1.29, 1.82) is 0 Å². The Kier molecular flexibility index (Phi) is 6.50. The van der Waals surface area contributed by atoms with Crippen molar-refractivity contribution in [3.05, 3.63) is 40.3 Å². The molecular weight excluding hydrogens is 406 g/mol. The summed E-state index contributed by atoms with van der Waals surface area (Å²) in [5, 5.41) is 0.577. The number of nitrogens with zero attached hydrogens (tertiary/aromatic N) is 3. The minimum absolute atomic E-state index is 0.0597. The molecule has 2 aromatic rings. The van der Waals surface area contributed by atoms with Crippen LogP contribution in [0.1, 0.15) is 31.4 Å². The van der Waals surface area contributed by atoms with Crippen molar-refractivity contribution in [2.75, 3.05) is 31.7 Å². The molecule has 4 rings (SSSR count). The molecule has 0 radical (unpaired) electrons. The fourth-order valence-corrected chi connectivity index (χ4v) is 5.66. The first kappa shape index (κ1) is 20.3. The van der Waals surface area contributed by atoms with Gasteiger partial charge in [0.25, 0.3) is 5.56 Å². The Balaban J connectivity index is 1.64. The van der Waals surface area contributed by atoms with Crippen molar-refractivity contribution < 1.29 is 9.53 Å². The zero-order valence-corrected chi connectivity index (χ0v) is 18.2. The Labute approximate surface area is 179 Å². The molecule has 0 aliphatic carbocycles. The van der Waals surface area contributed by atoms with E-state index in [2.05, 4.69) is 0 Å². The van der Waals surface area contributed by atoms with Crippen LogP contribution >= 0.6 is 23.5 Å². The van der Waals surface area contributed by atoms with Crippen LogP contribution in [-0.4, -0.2) is 52.1 Å². The number of hydrogen-bond donors (Lipinski definition) is 0. The number of carbonyl (C=O) groups is 1. The van der Waals surface area contributed by atoms with Gasteiger partial charge in [0.15, 0.2) is 5.16 Å². The summed E-state index contributed by atoms with van der Waals surface area (Å²) in [7, 11) is 1.61. The molecule has 1 aromatic heterocycles. The maximum Gasteiger partial charge on any atom is 0.272 e. The first-order valence-corrected chi connectivity index (χ1v) is 12.0. The van der Waals surface area contributed by atoms with Crippen LogP contribution in [0.5, 0.6) is 5.75 Å². The van der Waals surface area contributed by atoms with E-state index in [1.807, 2.05) is 29.2 Å². The number of rotatable bonds is 5. The van der Waals surface area contributed by atoms with E-state index >= 15 is 0 Å². The van der Waals surface area contributed by atoms with Gasteiger partial charge in [0.1, 0.15) is 5.75 Å². The van der Waals surface area contributed by atoms with Gasteiger partial charge in [-0.1, -0.05) is 30.7 Å².